The summed E-state index contributed by atoms with van der Waals surface area (Å²) in [5, 5.41) is 0.936. The van der Waals surface area contributed by atoms with Crippen LogP contribution in [0.4, 0.5) is 0 Å². The van der Waals surface area contributed by atoms with Gasteiger partial charge in [-0.05, 0) is 54.1 Å². The van der Waals surface area contributed by atoms with Crippen LogP contribution in [0.15, 0.2) is 79.0 Å². The normalized spacial score (nSPS) is 11.0. The summed E-state index contributed by atoms with van der Waals surface area (Å²) in [5.41, 5.74) is 17.3. The Morgan fingerprint density at radius 3 is 2.15 bits per heavy atom. The number of benzene rings is 3. The van der Waals surface area contributed by atoms with Crippen molar-refractivity contribution in [2.75, 3.05) is 6.54 Å². The molecule has 0 unspecified atom stereocenters. The standard InChI is InChI=1S/C29H29N3O2/c30-17-5-1-2-8-28(33)23-15-13-22(14-16-23)21-11-9-20(10-12-21)18-25-24-6-3-4-7-27(24)32-19-26(25)29(31)34/h3-4,6-7,9-16,19H,1-2,5,8,17-18,30H2,(H2,31,34). The fraction of sp³-hybridized carbons (Fsp3) is 0.207. The van der Waals surface area contributed by atoms with Crippen LogP contribution >= 0.6 is 0 Å². The lowest BCUT2D eigenvalue weighted by atomic mass is 9.95. The fourth-order valence-electron chi connectivity index (χ4n) is 4.22. The maximum absolute atomic E-state index is 12.4. The highest BCUT2D eigenvalue weighted by Gasteiger charge is 2.14. The molecule has 0 fully saturated rings. The number of hydrogen-bond donors (Lipinski definition) is 2. The van der Waals surface area contributed by atoms with Crippen LogP contribution in [0.2, 0.25) is 0 Å². The minimum atomic E-state index is -0.473. The zero-order valence-electron chi connectivity index (χ0n) is 19.2. The summed E-state index contributed by atoms with van der Waals surface area (Å²) in [4.78, 5) is 28.8. The van der Waals surface area contributed by atoms with E-state index in [0.717, 1.165) is 58.0 Å². The Labute approximate surface area is 199 Å². The molecule has 34 heavy (non-hydrogen) atoms. The zero-order valence-corrected chi connectivity index (χ0v) is 19.2. The van der Waals surface area contributed by atoms with E-state index in [1.54, 1.807) is 6.20 Å². The Kier molecular flexibility index (Phi) is 7.45. The van der Waals surface area contributed by atoms with Gasteiger partial charge < -0.3 is 11.5 Å². The van der Waals surface area contributed by atoms with E-state index in [1.165, 1.54) is 0 Å². The molecule has 5 nitrogen and oxygen atoms in total. The van der Waals surface area contributed by atoms with Crippen LogP contribution in [0, 0.1) is 0 Å². The number of amides is 1. The molecular weight excluding hydrogens is 422 g/mol. The van der Waals surface area contributed by atoms with Gasteiger partial charge in [0.25, 0.3) is 5.91 Å². The summed E-state index contributed by atoms with van der Waals surface area (Å²) in [6.45, 7) is 0.674. The molecule has 0 aliphatic carbocycles. The van der Waals surface area contributed by atoms with Crippen LogP contribution in [-0.2, 0) is 6.42 Å². The van der Waals surface area contributed by atoms with Crippen LogP contribution < -0.4 is 11.5 Å². The van der Waals surface area contributed by atoms with E-state index >= 15 is 0 Å². The molecule has 3 aromatic carbocycles. The second kappa shape index (κ2) is 10.9. The summed E-state index contributed by atoms with van der Waals surface area (Å²) in [6, 6.07) is 23.8. The van der Waals surface area contributed by atoms with Crippen molar-refractivity contribution in [2.45, 2.75) is 32.1 Å². The number of pyridine rings is 1. The van der Waals surface area contributed by atoms with Crippen molar-refractivity contribution in [1.29, 1.82) is 0 Å². The summed E-state index contributed by atoms with van der Waals surface area (Å²) in [5.74, 6) is -0.298. The van der Waals surface area contributed by atoms with E-state index in [9.17, 15) is 9.59 Å². The van der Waals surface area contributed by atoms with Crippen molar-refractivity contribution in [2.24, 2.45) is 11.5 Å². The van der Waals surface area contributed by atoms with E-state index in [4.69, 9.17) is 11.5 Å². The number of aromatic nitrogens is 1. The summed E-state index contributed by atoms with van der Waals surface area (Å²) in [7, 11) is 0. The van der Waals surface area contributed by atoms with Crippen molar-refractivity contribution >= 4 is 22.6 Å². The third-order valence-corrected chi connectivity index (χ3v) is 6.14. The molecule has 4 aromatic rings. The van der Waals surface area contributed by atoms with E-state index in [-0.39, 0.29) is 5.78 Å². The SMILES string of the molecule is NCCCCCC(=O)c1ccc(-c2ccc(Cc3c(C(N)=O)cnc4ccccc34)cc2)cc1. The maximum atomic E-state index is 12.4. The molecular formula is C29H29N3O2. The predicted octanol–water partition coefficient (Wildman–Crippen LogP) is 5.29. The van der Waals surface area contributed by atoms with Crippen LogP contribution in [0.3, 0.4) is 0 Å². The van der Waals surface area contributed by atoms with Gasteiger partial charge >= 0.3 is 0 Å². The first-order valence-electron chi connectivity index (χ1n) is 11.7. The number of hydrogen-bond acceptors (Lipinski definition) is 4. The molecule has 1 heterocycles. The van der Waals surface area contributed by atoms with Gasteiger partial charge in [-0.25, -0.2) is 0 Å². The minimum Gasteiger partial charge on any atom is -0.366 e. The van der Waals surface area contributed by atoms with E-state index < -0.39 is 5.91 Å². The monoisotopic (exact) mass is 451 g/mol. The molecule has 0 radical (unpaired) electrons. The molecule has 0 saturated heterocycles. The van der Waals surface area contributed by atoms with Crippen LogP contribution in [0.5, 0.6) is 0 Å². The van der Waals surface area contributed by atoms with Crippen LogP contribution in [0.1, 0.15) is 57.5 Å². The van der Waals surface area contributed by atoms with Crippen molar-refractivity contribution in [1.82, 2.24) is 4.98 Å². The van der Waals surface area contributed by atoms with Gasteiger partial charge in [0.2, 0.25) is 0 Å². The second-order valence-electron chi connectivity index (χ2n) is 8.51. The van der Waals surface area contributed by atoms with Crippen molar-refractivity contribution in [3.8, 4) is 11.1 Å². The fourth-order valence-corrected chi connectivity index (χ4v) is 4.22. The highest BCUT2D eigenvalue weighted by atomic mass is 16.1. The molecule has 0 aliphatic rings. The van der Waals surface area contributed by atoms with Gasteiger partial charge in [-0.1, -0.05) is 73.2 Å². The van der Waals surface area contributed by atoms with Gasteiger partial charge in [0.15, 0.2) is 5.78 Å². The molecule has 0 spiro atoms. The highest BCUT2D eigenvalue weighted by molar-refractivity contribution is 5.99. The van der Waals surface area contributed by atoms with Gasteiger partial charge in [0, 0.05) is 23.6 Å². The number of rotatable bonds is 10. The molecule has 0 atom stereocenters. The highest BCUT2D eigenvalue weighted by Crippen LogP contribution is 2.26. The number of nitrogens with two attached hydrogens (primary N) is 2. The minimum absolute atomic E-state index is 0.175. The predicted molar refractivity (Wildman–Crippen MR) is 137 cm³/mol. The Balaban J connectivity index is 1.50. The number of para-hydroxylation sites is 1. The van der Waals surface area contributed by atoms with Gasteiger partial charge in [0.05, 0.1) is 11.1 Å². The van der Waals surface area contributed by atoms with Crippen molar-refractivity contribution < 1.29 is 9.59 Å². The van der Waals surface area contributed by atoms with E-state index in [1.807, 2.05) is 48.5 Å². The summed E-state index contributed by atoms with van der Waals surface area (Å²) in [6.07, 6.45) is 5.54. The number of ketones is 1. The first kappa shape index (κ1) is 23.3. The van der Waals surface area contributed by atoms with Crippen molar-refractivity contribution in [3.05, 3.63) is 101 Å². The van der Waals surface area contributed by atoms with Crippen LogP contribution in [-0.4, -0.2) is 23.2 Å². The maximum Gasteiger partial charge on any atom is 0.250 e. The lowest BCUT2D eigenvalue weighted by Gasteiger charge is -2.11. The quantitative estimate of drug-likeness (QED) is 0.253. The largest absolute Gasteiger partial charge is 0.366 e. The molecule has 1 aromatic heterocycles. The zero-order chi connectivity index (χ0) is 23.9. The number of carbonyl (C=O) groups excluding carboxylic acids is 2. The smallest absolute Gasteiger partial charge is 0.250 e. The van der Waals surface area contributed by atoms with Gasteiger partial charge in [-0.2, -0.15) is 0 Å². The summed E-state index contributed by atoms with van der Waals surface area (Å²) >= 11 is 0. The van der Waals surface area contributed by atoms with E-state index in [0.29, 0.717) is 24.9 Å². The first-order valence-corrected chi connectivity index (χ1v) is 11.7. The number of nitrogens with zero attached hydrogens (tertiary/aromatic N) is 1. The number of carbonyl (C=O) groups is 2. The third-order valence-electron chi connectivity index (χ3n) is 6.14. The van der Waals surface area contributed by atoms with Crippen molar-refractivity contribution in [3.63, 3.8) is 0 Å². The Morgan fingerprint density at radius 2 is 1.47 bits per heavy atom. The molecule has 5 heteroatoms. The van der Waals surface area contributed by atoms with Crippen LogP contribution in [0.25, 0.3) is 22.0 Å². The van der Waals surface area contributed by atoms with Gasteiger partial charge in [-0.3, -0.25) is 14.6 Å². The topological polar surface area (TPSA) is 99.1 Å². The molecule has 172 valence electrons. The number of fused-ring (bicyclic) bond motifs is 1. The lowest BCUT2D eigenvalue weighted by Crippen LogP contribution is -2.15. The van der Waals surface area contributed by atoms with Gasteiger partial charge in [-0.15, -0.1) is 0 Å². The summed E-state index contributed by atoms with van der Waals surface area (Å²) < 4.78 is 0. The van der Waals surface area contributed by atoms with E-state index in [2.05, 4.69) is 29.2 Å². The van der Waals surface area contributed by atoms with Gasteiger partial charge in [0.1, 0.15) is 0 Å². The molecule has 4 rings (SSSR count). The molecule has 0 bridgehead atoms. The lowest BCUT2D eigenvalue weighted by molar-refractivity contribution is 0.0976. The molecule has 1 amide bonds. The number of Topliss-reactive ketones (excluding diaryl/α,β-unsaturated/α-hetero) is 1. The Morgan fingerprint density at radius 1 is 0.794 bits per heavy atom. The average molecular weight is 452 g/mol. The Bertz CT molecular complexity index is 1300. The molecule has 0 saturated carbocycles. The average Bonchev–Trinajstić information content (AvgIpc) is 2.87. The third kappa shape index (κ3) is 5.38. The first-order chi connectivity index (χ1) is 16.6. The number of unbranched alkanes of at least 4 members (excludes halogenated alkanes) is 2. The number of primary amides is 1. The Hall–Kier alpha value is -3.83. The molecule has 0 aliphatic heterocycles. The molecule has 4 N–H and O–H groups in total. The second-order valence-corrected chi connectivity index (χ2v) is 8.51.